The minimum Gasteiger partial charge on any atom is -0.389 e. The molecule has 1 N–H and O–H groups in total. The lowest BCUT2D eigenvalue weighted by atomic mass is 10.1. The van der Waals surface area contributed by atoms with Crippen molar-refractivity contribution in [3.63, 3.8) is 0 Å². The lowest BCUT2D eigenvalue weighted by molar-refractivity contribution is -0.387. The number of rotatable bonds is 4. The van der Waals surface area contributed by atoms with Gasteiger partial charge in [0.1, 0.15) is 0 Å². The average molecular weight is 344 g/mol. The zero-order valence-electron chi connectivity index (χ0n) is 10.9. The van der Waals surface area contributed by atoms with Crippen LogP contribution in [0.2, 0.25) is 10.0 Å². The van der Waals surface area contributed by atoms with Crippen LogP contribution in [0.3, 0.4) is 0 Å². The molecule has 0 aliphatic carbocycles. The molecule has 0 aliphatic rings. The van der Waals surface area contributed by atoms with Gasteiger partial charge < -0.3 is 5.11 Å². The van der Waals surface area contributed by atoms with Crippen LogP contribution in [0.25, 0.3) is 0 Å². The van der Waals surface area contributed by atoms with Crippen molar-refractivity contribution < 1.29 is 10.0 Å². The third-order valence-corrected chi connectivity index (χ3v) is 4.57. The van der Waals surface area contributed by atoms with Gasteiger partial charge in [-0.05, 0) is 36.8 Å². The summed E-state index contributed by atoms with van der Waals surface area (Å²) in [7, 11) is 0. The van der Waals surface area contributed by atoms with Crippen LogP contribution >= 0.6 is 35.0 Å². The van der Waals surface area contributed by atoms with E-state index in [4.69, 9.17) is 23.2 Å². The molecule has 2 aromatic carbocycles. The van der Waals surface area contributed by atoms with E-state index >= 15 is 0 Å². The lowest BCUT2D eigenvalue weighted by Gasteiger charge is -2.09. The Morgan fingerprint density at radius 2 is 1.90 bits per heavy atom. The molecule has 4 nitrogen and oxygen atoms in total. The van der Waals surface area contributed by atoms with Gasteiger partial charge in [0, 0.05) is 16.0 Å². The van der Waals surface area contributed by atoms with Crippen LogP contribution in [0, 0.1) is 10.1 Å². The van der Waals surface area contributed by atoms with Crippen LogP contribution in [0.5, 0.6) is 0 Å². The number of halogens is 2. The van der Waals surface area contributed by atoms with Crippen LogP contribution in [0.4, 0.5) is 5.69 Å². The molecule has 0 fully saturated rings. The van der Waals surface area contributed by atoms with E-state index in [2.05, 4.69) is 0 Å². The molecule has 0 radical (unpaired) electrons. The highest BCUT2D eigenvalue weighted by molar-refractivity contribution is 7.99. The molecular formula is C14H11Cl2NO3S. The summed E-state index contributed by atoms with van der Waals surface area (Å²) in [5.74, 6) is 0. The van der Waals surface area contributed by atoms with Crippen molar-refractivity contribution in [3.8, 4) is 0 Å². The molecule has 7 heteroatoms. The largest absolute Gasteiger partial charge is 0.389 e. The second-order valence-electron chi connectivity index (χ2n) is 4.34. The predicted molar refractivity (Wildman–Crippen MR) is 84.3 cm³/mol. The molecule has 0 spiro atoms. The number of aliphatic hydroxyl groups excluding tert-OH is 1. The maximum Gasteiger partial charge on any atom is 0.283 e. The van der Waals surface area contributed by atoms with Gasteiger partial charge in [0.2, 0.25) is 0 Å². The number of nitro groups is 1. The van der Waals surface area contributed by atoms with Gasteiger partial charge in [-0.15, -0.1) is 0 Å². The maximum atomic E-state index is 11.2. The first-order chi connectivity index (χ1) is 9.88. The summed E-state index contributed by atoms with van der Waals surface area (Å²) in [5.41, 5.74) is 0.415. The molecule has 21 heavy (non-hydrogen) atoms. The van der Waals surface area contributed by atoms with Gasteiger partial charge >= 0.3 is 0 Å². The average Bonchev–Trinajstić information content (AvgIpc) is 2.42. The summed E-state index contributed by atoms with van der Waals surface area (Å²) < 4.78 is 0. The molecule has 0 amide bonds. The van der Waals surface area contributed by atoms with Gasteiger partial charge in [0.25, 0.3) is 5.69 Å². The van der Waals surface area contributed by atoms with E-state index in [0.717, 1.165) is 11.8 Å². The Bertz CT molecular complexity index is 692. The molecule has 110 valence electrons. The normalized spacial score (nSPS) is 12.2. The first-order valence-electron chi connectivity index (χ1n) is 5.98. The molecule has 0 aromatic heterocycles. The van der Waals surface area contributed by atoms with Crippen LogP contribution < -0.4 is 0 Å². The van der Waals surface area contributed by atoms with Crippen molar-refractivity contribution in [1.29, 1.82) is 0 Å². The van der Waals surface area contributed by atoms with Gasteiger partial charge in [0.05, 0.1) is 20.9 Å². The summed E-state index contributed by atoms with van der Waals surface area (Å²) >= 11 is 13.1. The Kier molecular flexibility index (Phi) is 5.11. The highest BCUT2D eigenvalue weighted by Crippen LogP contribution is 2.40. The number of hydrogen-bond acceptors (Lipinski definition) is 4. The summed E-state index contributed by atoms with van der Waals surface area (Å²) in [5, 5.41) is 21.7. The molecular weight excluding hydrogens is 333 g/mol. The van der Waals surface area contributed by atoms with E-state index < -0.39 is 11.0 Å². The zero-order chi connectivity index (χ0) is 15.6. The van der Waals surface area contributed by atoms with Crippen LogP contribution in [-0.4, -0.2) is 10.0 Å². The molecule has 0 saturated carbocycles. The standard InChI is InChI=1S/C14H11Cl2NO3S/c1-8(18)9-2-5-13(12(6-9)17(19)20)21-14-7-10(15)3-4-11(14)16/h2-8,18H,1H3/t8-/m0/s1. The van der Waals surface area contributed by atoms with E-state index in [1.165, 1.54) is 6.07 Å². The quantitative estimate of drug-likeness (QED) is 0.619. The van der Waals surface area contributed by atoms with Gasteiger partial charge in [0.15, 0.2) is 0 Å². The van der Waals surface area contributed by atoms with Crippen LogP contribution in [0.15, 0.2) is 46.2 Å². The summed E-state index contributed by atoms with van der Waals surface area (Å²) in [6.07, 6.45) is -0.766. The SMILES string of the molecule is C[C@H](O)c1ccc(Sc2cc(Cl)ccc2Cl)c([N+](=O)[O-])c1. The van der Waals surface area contributed by atoms with Crippen molar-refractivity contribution in [3.05, 3.63) is 62.1 Å². The first-order valence-corrected chi connectivity index (χ1v) is 7.55. The molecule has 0 unspecified atom stereocenters. The molecule has 2 rings (SSSR count). The van der Waals surface area contributed by atoms with E-state index in [-0.39, 0.29) is 5.69 Å². The van der Waals surface area contributed by atoms with Gasteiger partial charge in [-0.2, -0.15) is 0 Å². The van der Waals surface area contributed by atoms with Crippen LogP contribution in [-0.2, 0) is 0 Å². The molecule has 0 aliphatic heterocycles. The van der Waals surface area contributed by atoms with Gasteiger partial charge in [-0.1, -0.05) is 41.0 Å². The first kappa shape index (κ1) is 16.1. The highest BCUT2D eigenvalue weighted by atomic mass is 35.5. The monoisotopic (exact) mass is 343 g/mol. The second kappa shape index (κ2) is 6.66. The predicted octanol–water partition coefficient (Wildman–Crippen LogP) is 5.11. The topological polar surface area (TPSA) is 63.4 Å². The van der Waals surface area contributed by atoms with Crippen molar-refractivity contribution in [2.24, 2.45) is 0 Å². The number of nitrogens with zero attached hydrogens (tertiary/aromatic N) is 1. The van der Waals surface area contributed by atoms with E-state index in [9.17, 15) is 15.2 Å². The molecule has 1 atom stereocenters. The summed E-state index contributed by atoms with van der Waals surface area (Å²) in [4.78, 5) is 11.8. The summed E-state index contributed by atoms with van der Waals surface area (Å²) in [6, 6.07) is 9.56. The number of aliphatic hydroxyl groups is 1. The smallest absolute Gasteiger partial charge is 0.283 e. The Labute approximate surface area is 135 Å². The third-order valence-electron chi connectivity index (χ3n) is 2.78. The number of benzene rings is 2. The minimum atomic E-state index is -0.766. The van der Waals surface area contributed by atoms with E-state index in [1.807, 2.05) is 0 Å². The Morgan fingerprint density at radius 1 is 1.19 bits per heavy atom. The van der Waals surface area contributed by atoms with Crippen molar-refractivity contribution in [1.82, 2.24) is 0 Å². The molecule has 0 saturated heterocycles. The Hall–Kier alpha value is -1.27. The summed E-state index contributed by atoms with van der Waals surface area (Å²) in [6.45, 7) is 1.56. The fourth-order valence-corrected chi connectivity index (χ4v) is 3.13. The van der Waals surface area contributed by atoms with Gasteiger partial charge in [-0.3, -0.25) is 10.1 Å². The fraction of sp³-hybridized carbons (Fsp3) is 0.143. The van der Waals surface area contributed by atoms with Crippen LogP contribution in [0.1, 0.15) is 18.6 Å². The minimum absolute atomic E-state index is 0.0746. The van der Waals surface area contributed by atoms with Gasteiger partial charge in [-0.25, -0.2) is 0 Å². The second-order valence-corrected chi connectivity index (χ2v) is 6.26. The fourth-order valence-electron chi connectivity index (χ4n) is 1.70. The Morgan fingerprint density at radius 3 is 2.52 bits per heavy atom. The molecule has 0 heterocycles. The lowest BCUT2D eigenvalue weighted by Crippen LogP contribution is -1.96. The van der Waals surface area contributed by atoms with Crippen molar-refractivity contribution >= 4 is 40.7 Å². The molecule has 0 bridgehead atoms. The highest BCUT2D eigenvalue weighted by Gasteiger charge is 2.18. The maximum absolute atomic E-state index is 11.2. The Balaban J connectivity index is 2.44. The van der Waals surface area contributed by atoms with Crippen molar-refractivity contribution in [2.75, 3.05) is 0 Å². The number of nitro benzene ring substituents is 1. The van der Waals surface area contributed by atoms with E-state index in [0.29, 0.717) is 25.4 Å². The molecule has 2 aromatic rings. The third kappa shape index (κ3) is 3.89. The zero-order valence-corrected chi connectivity index (χ0v) is 13.2. The number of hydrogen-bond donors (Lipinski definition) is 1. The van der Waals surface area contributed by atoms with E-state index in [1.54, 1.807) is 37.3 Å². The van der Waals surface area contributed by atoms with Crippen molar-refractivity contribution in [2.45, 2.75) is 22.8 Å².